The predicted octanol–water partition coefficient (Wildman–Crippen LogP) is 3.81. The lowest BCUT2D eigenvalue weighted by Crippen LogP contribution is -2.12. The fourth-order valence-electron chi connectivity index (χ4n) is 2.21. The highest BCUT2D eigenvalue weighted by atomic mass is 16.5. The van der Waals surface area contributed by atoms with Gasteiger partial charge < -0.3 is 9.47 Å². The topological polar surface area (TPSA) is 35.5 Å². The Bertz CT molecular complexity index is 424. The Balaban J connectivity index is 3.05. The van der Waals surface area contributed by atoms with Crippen LogP contribution in [0.3, 0.4) is 0 Å². The number of ether oxygens (including phenoxy) is 2. The van der Waals surface area contributed by atoms with Crippen molar-refractivity contribution in [2.45, 2.75) is 39.5 Å². The summed E-state index contributed by atoms with van der Waals surface area (Å²) < 4.78 is 10.6. The second kappa shape index (κ2) is 7.17. The standard InChI is InChI=1S/C16H24O3/c1-6-13(17)10-14(11(2)3)12-7-8-15(18-4)16(9-12)19-5/h7-9,11,14H,6,10H2,1-5H3. The van der Waals surface area contributed by atoms with E-state index >= 15 is 0 Å². The van der Waals surface area contributed by atoms with E-state index in [4.69, 9.17) is 9.47 Å². The Morgan fingerprint density at radius 2 is 1.79 bits per heavy atom. The van der Waals surface area contributed by atoms with E-state index in [0.717, 1.165) is 17.1 Å². The van der Waals surface area contributed by atoms with E-state index in [9.17, 15) is 4.79 Å². The molecule has 0 heterocycles. The zero-order valence-corrected chi connectivity index (χ0v) is 12.5. The molecule has 1 atom stereocenters. The number of hydrogen-bond acceptors (Lipinski definition) is 3. The van der Waals surface area contributed by atoms with Gasteiger partial charge in [-0.05, 0) is 29.5 Å². The molecule has 3 nitrogen and oxygen atoms in total. The first-order valence-electron chi connectivity index (χ1n) is 6.77. The van der Waals surface area contributed by atoms with Crippen LogP contribution in [0.5, 0.6) is 11.5 Å². The molecule has 0 fully saturated rings. The molecule has 1 unspecified atom stereocenters. The number of benzene rings is 1. The Kier molecular flexibility index (Phi) is 5.87. The van der Waals surface area contributed by atoms with Crippen molar-refractivity contribution in [2.75, 3.05) is 14.2 Å². The van der Waals surface area contributed by atoms with Gasteiger partial charge >= 0.3 is 0 Å². The first-order chi connectivity index (χ1) is 9.03. The van der Waals surface area contributed by atoms with Crippen molar-refractivity contribution in [3.05, 3.63) is 23.8 Å². The number of rotatable bonds is 7. The minimum absolute atomic E-state index is 0.229. The van der Waals surface area contributed by atoms with Crippen LogP contribution in [0.25, 0.3) is 0 Å². The molecular weight excluding hydrogens is 240 g/mol. The van der Waals surface area contributed by atoms with Crippen LogP contribution < -0.4 is 9.47 Å². The van der Waals surface area contributed by atoms with Gasteiger partial charge in [0.15, 0.2) is 11.5 Å². The average molecular weight is 264 g/mol. The second-order valence-corrected chi connectivity index (χ2v) is 5.06. The summed E-state index contributed by atoms with van der Waals surface area (Å²) in [6.45, 7) is 6.20. The highest BCUT2D eigenvalue weighted by molar-refractivity contribution is 5.79. The molecule has 0 spiro atoms. The minimum Gasteiger partial charge on any atom is -0.493 e. The second-order valence-electron chi connectivity index (χ2n) is 5.06. The molecule has 0 aromatic heterocycles. The lowest BCUT2D eigenvalue weighted by molar-refractivity contribution is -0.119. The smallest absolute Gasteiger partial charge is 0.160 e. The maximum absolute atomic E-state index is 11.7. The molecule has 3 heteroatoms. The van der Waals surface area contributed by atoms with Crippen LogP contribution in [0.4, 0.5) is 0 Å². The molecule has 0 saturated heterocycles. The number of methoxy groups -OCH3 is 2. The monoisotopic (exact) mass is 264 g/mol. The SMILES string of the molecule is CCC(=O)CC(c1ccc(OC)c(OC)c1)C(C)C. The Morgan fingerprint density at radius 1 is 1.16 bits per heavy atom. The van der Waals surface area contributed by atoms with Gasteiger partial charge in [-0.15, -0.1) is 0 Å². The summed E-state index contributed by atoms with van der Waals surface area (Å²) >= 11 is 0. The number of carbonyl (C=O) groups excluding carboxylic acids is 1. The molecule has 1 rings (SSSR count). The van der Waals surface area contributed by atoms with E-state index in [1.54, 1.807) is 14.2 Å². The molecule has 0 N–H and O–H groups in total. The third-order valence-electron chi connectivity index (χ3n) is 3.48. The maximum Gasteiger partial charge on any atom is 0.160 e. The summed E-state index contributed by atoms with van der Waals surface area (Å²) in [4.78, 5) is 11.7. The molecular formula is C16H24O3. The number of carbonyl (C=O) groups is 1. The van der Waals surface area contributed by atoms with Gasteiger partial charge in [0.05, 0.1) is 14.2 Å². The maximum atomic E-state index is 11.7. The van der Waals surface area contributed by atoms with Crippen LogP contribution in [0.15, 0.2) is 18.2 Å². The zero-order valence-electron chi connectivity index (χ0n) is 12.5. The molecule has 0 radical (unpaired) electrons. The van der Waals surface area contributed by atoms with E-state index in [0.29, 0.717) is 24.5 Å². The fraction of sp³-hybridized carbons (Fsp3) is 0.562. The van der Waals surface area contributed by atoms with Gasteiger partial charge in [-0.1, -0.05) is 26.8 Å². The predicted molar refractivity (Wildman–Crippen MR) is 77.0 cm³/mol. The number of hydrogen-bond donors (Lipinski definition) is 0. The zero-order chi connectivity index (χ0) is 14.4. The Labute approximate surface area is 115 Å². The molecule has 0 aliphatic rings. The van der Waals surface area contributed by atoms with Crippen molar-refractivity contribution in [3.8, 4) is 11.5 Å². The van der Waals surface area contributed by atoms with Gasteiger partial charge in [-0.3, -0.25) is 4.79 Å². The summed E-state index contributed by atoms with van der Waals surface area (Å²) in [6, 6.07) is 5.90. The van der Waals surface area contributed by atoms with Crippen molar-refractivity contribution >= 4 is 5.78 Å². The van der Waals surface area contributed by atoms with E-state index in [1.165, 1.54) is 0 Å². The van der Waals surface area contributed by atoms with Gasteiger partial charge in [0.1, 0.15) is 5.78 Å². The van der Waals surface area contributed by atoms with E-state index in [-0.39, 0.29) is 5.92 Å². The molecule has 1 aromatic carbocycles. The van der Waals surface area contributed by atoms with Crippen molar-refractivity contribution in [2.24, 2.45) is 5.92 Å². The first-order valence-corrected chi connectivity index (χ1v) is 6.77. The third kappa shape index (κ3) is 3.98. The first kappa shape index (κ1) is 15.5. The normalized spacial score (nSPS) is 12.3. The van der Waals surface area contributed by atoms with E-state index in [2.05, 4.69) is 13.8 Å². The Hall–Kier alpha value is -1.51. The van der Waals surface area contributed by atoms with E-state index in [1.807, 2.05) is 25.1 Å². The quantitative estimate of drug-likeness (QED) is 0.751. The van der Waals surface area contributed by atoms with Crippen molar-refractivity contribution in [3.63, 3.8) is 0 Å². The van der Waals surface area contributed by atoms with Crippen LogP contribution in [0.2, 0.25) is 0 Å². The third-order valence-corrected chi connectivity index (χ3v) is 3.48. The minimum atomic E-state index is 0.229. The van der Waals surface area contributed by atoms with Gasteiger partial charge in [-0.2, -0.15) is 0 Å². The fourth-order valence-corrected chi connectivity index (χ4v) is 2.21. The molecule has 1 aromatic rings. The van der Waals surface area contributed by atoms with Crippen molar-refractivity contribution in [1.82, 2.24) is 0 Å². The Morgan fingerprint density at radius 3 is 2.26 bits per heavy atom. The molecule has 0 aliphatic carbocycles. The molecule has 0 bridgehead atoms. The molecule has 0 aliphatic heterocycles. The van der Waals surface area contributed by atoms with Crippen LogP contribution in [-0.2, 0) is 4.79 Å². The van der Waals surface area contributed by atoms with Crippen LogP contribution in [0, 0.1) is 5.92 Å². The van der Waals surface area contributed by atoms with E-state index < -0.39 is 0 Å². The lowest BCUT2D eigenvalue weighted by atomic mass is 9.84. The van der Waals surface area contributed by atoms with Crippen LogP contribution in [0.1, 0.15) is 45.1 Å². The van der Waals surface area contributed by atoms with Crippen molar-refractivity contribution < 1.29 is 14.3 Å². The number of Topliss-reactive ketones (excluding diaryl/α,β-unsaturated/α-hetero) is 1. The molecule has 0 amide bonds. The highest BCUT2D eigenvalue weighted by Crippen LogP contribution is 2.35. The summed E-state index contributed by atoms with van der Waals surface area (Å²) in [5.74, 6) is 2.37. The molecule has 0 saturated carbocycles. The van der Waals surface area contributed by atoms with Crippen LogP contribution in [-0.4, -0.2) is 20.0 Å². The highest BCUT2D eigenvalue weighted by Gasteiger charge is 2.20. The summed E-state index contributed by atoms with van der Waals surface area (Å²) in [6.07, 6.45) is 1.18. The average Bonchev–Trinajstić information content (AvgIpc) is 2.43. The van der Waals surface area contributed by atoms with Gasteiger partial charge in [0.2, 0.25) is 0 Å². The van der Waals surface area contributed by atoms with Gasteiger partial charge in [0.25, 0.3) is 0 Å². The summed E-state index contributed by atoms with van der Waals surface area (Å²) in [5.41, 5.74) is 1.13. The molecule has 19 heavy (non-hydrogen) atoms. The lowest BCUT2D eigenvalue weighted by Gasteiger charge is -2.21. The molecule has 106 valence electrons. The van der Waals surface area contributed by atoms with Gasteiger partial charge in [-0.25, -0.2) is 0 Å². The van der Waals surface area contributed by atoms with Gasteiger partial charge in [0, 0.05) is 12.8 Å². The summed E-state index contributed by atoms with van der Waals surface area (Å²) in [5, 5.41) is 0. The largest absolute Gasteiger partial charge is 0.493 e. The number of ketones is 1. The van der Waals surface area contributed by atoms with Crippen molar-refractivity contribution in [1.29, 1.82) is 0 Å². The van der Waals surface area contributed by atoms with Crippen LogP contribution >= 0.6 is 0 Å². The summed E-state index contributed by atoms with van der Waals surface area (Å²) in [7, 11) is 3.25.